The maximum atomic E-state index is 5.61. The molecule has 1 aromatic rings. The first-order valence-electron chi connectivity index (χ1n) is 6.07. The van der Waals surface area contributed by atoms with Crippen LogP contribution in [0.25, 0.3) is 0 Å². The highest BCUT2D eigenvalue weighted by Crippen LogP contribution is 2.21. The summed E-state index contributed by atoms with van der Waals surface area (Å²) in [5, 5.41) is 1.01. The second kappa shape index (κ2) is 8.77. The quantitative estimate of drug-likeness (QED) is 0.509. The van der Waals surface area contributed by atoms with Crippen LogP contribution < -0.4 is 0 Å². The molecule has 1 atom stereocenters. The molecule has 0 aliphatic carbocycles. The van der Waals surface area contributed by atoms with Gasteiger partial charge in [0.05, 0.1) is 0 Å². The van der Waals surface area contributed by atoms with Gasteiger partial charge in [0.15, 0.2) is 0 Å². The second-order valence-electron chi connectivity index (χ2n) is 4.02. The molecule has 16 heavy (non-hydrogen) atoms. The summed E-state index contributed by atoms with van der Waals surface area (Å²) in [6, 6.07) is 10.6. The molecule has 1 nitrogen and oxygen atoms in total. The first-order chi connectivity index (χ1) is 7.88. The summed E-state index contributed by atoms with van der Waals surface area (Å²) in [7, 11) is 0. The summed E-state index contributed by atoms with van der Waals surface area (Å²) in [6.07, 6.45) is 3.48. The van der Waals surface area contributed by atoms with Crippen molar-refractivity contribution < 1.29 is 4.74 Å². The molecule has 0 bridgehead atoms. The molecule has 0 spiro atoms. The Bertz CT molecular complexity index is 261. The van der Waals surface area contributed by atoms with Gasteiger partial charge < -0.3 is 4.74 Å². The number of halogens is 1. The lowest BCUT2D eigenvalue weighted by atomic mass is 9.98. The van der Waals surface area contributed by atoms with Crippen LogP contribution in [0.2, 0.25) is 0 Å². The fourth-order valence-electron chi connectivity index (χ4n) is 1.63. The van der Waals surface area contributed by atoms with Crippen LogP contribution in [0.3, 0.4) is 0 Å². The number of rotatable bonds is 8. The van der Waals surface area contributed by atoms with E-state index in [0.29, 0.717) is 5.92 Å². The molecule has 0 N–H and O–H groups in total. The van der Waals surface area contributed by atoms with Crippen molar-refractivity contribution in [3.63, 3.8) is 0 Å². The number of benzene rings is 1. The molecule has 1 unspecified atom stereocenters. The minimum absolute atomic E-state index is 0.572. The molecule has 0 saturated heterocycles. The summed E-state index contributed by atoms with van der Waals surface area (Å²) in [5.41, 5.74) is 1.40. The lowest BCUT2D eigenvalue weighted by Crippen LogP contribution is -2.06. The molecular formula is C14H21BrO. The van der Waals surface area contributed by atoms with Gasteiger partial charge in [0.2, 0.25) is 0 Å². The van der Waals surface area contributed by atoms with E-state index in [-0.39, 0.29) is 0 Å². The average molecular weight is 285 g/mol. The third-order valence-electron chi connectivity index (χ3n) is 2.71. The molecule has 90 valence electrons. The Labute approximate surface area is 107 Å². The minimum Gasteiger partial charge on any atom is -0.381 e. The summed E-state index contributed by atoms with van der Waals surface area (Å²) in [5.74, 6) is 0.572. The van der Waals surface area contributed by atoms with Gasteiger partial charge in [-0.15, -0.1) is 0 Å². The Morgan fingerprint density at radius 2 is 1.94 bits per heavy atom. The zero-order chi connectivity index (χ0) is 11.6. The molecule has 0 saturated carbocycles. The van der Waals surface area contributed by atoms with E-state index in [2.05, 4.69) is 53.2 Å². The average Bonchev–Trinajstić information content (AvgIpc) is 2.35. The lowest BCUT2D eigenvalue weighted by molar-refractivity contribution is 0.125. The van der Waals surface area contributed by atoms with Crippen molar-refractivity contribution in [2.45, 2.75) is 32.1 Å². The Morgan fingerprint density at radius 1 is 1.19 bits per heavy atom. The Hall–Kier alpha value is -0.340. The van der Waals surface area contributed by atoms with Crippen LogP contribution in [0.5, 0.6) is 0 Å². The van der Waals surface area contributed by atoms with E-state index in [1.807, 2.05) is 0 Å². The van der Waals surface area contributed by atoms with Gasteiger partial charge in [0.25, 0.3) is 0 Å². The second-order valence-corrected chi connectivity index (χ2v) is 4.66. The molecule has 0 radical (unpaired) electrons. The molecule has 0 fully saturated rings. The number of ether oxygens (including phenoxy) is 1. The van der Waals surface area contributed by atoms with Crippen LogP contribution in [0, 0.1) is 0 Å². The lowest BCUT2D eigenvalue weighted by Gasteiger charge is -2.14. The van der Waals surface area contributed by atoms with Gasteiger partial charge in [-0.05, 0) is 24.3 Å². The van der Waals surface area contributed by atoms with Crippen molar-refractivity contribution in [2.75, 3.05) is 18.5 Å². The van der Waals surface area contributed by atoms with E-state index in [1.165, 1.54) is 18.4 Å². The Morgan fingerprint density at radius 3 is 2.56 bits per heavy atom. The van der Waals surface area contributed by atoms with E-state index < -0.39 is 0 Å². The van der Waals surface area contributed by atoms with E-state index in [4.69, 9.17) is 4.74 Å². The van der Waals surface area contributed by atoms with E-state index in [9.17, 15) is 0 Å². The van der Waals surface area contributed by atoms with Crippen LogP contribution in [-0.2, 0) is 4.74 Å². The number of unbranched alkanes of at least 4 members (excludes halogenated alkanes) is 1. The van der Waals surface area contributed by atoms with Crippen molar-refractivity contribution in [1.29, 1.82) is 0 Å². The van der Waals surface area contributed by atoms with Crippen molar-refractivity contribution >= 4 is 15.9 Å². The third kappa shape index (κ3) is 5.13. The van der Waals surface area contributed by atoms with E-state index in [1.54, 1.807) is 0 Å². The Kier molecular flexibility index (Phi) is 7.52. The van der Waals surface area contributed by atoms with E-state index >= 15 is 0 Å². The molecule has 2 heteroatoms. The summed E-state index contributed by atoms with van der Waals surface area (Å²) >= 11 is 3.58. The molecule has 1 rings (SSSR count). The van der Waals surface area contributed by atoms with Gasteiger partial charge in [-0.1, -0.05) is 59.6 Å². The highest BCUT2D eigenvalue weighted by molar-refractivity contribution is 9.09. The van der Waals surface area contributed by atoms with Crippen molar-refractivity contribution in [2.24, 2.45) is 0 Å². The fraction of sp³-hybridized carbons (Fsp3) is 0.571. The predicted molar refractivity (Wildman–Crippen MR) is 73.3 cm³/mol. The molecule has 1 aromatic carbocycles. The standard InChI is InChI=1S/C14H21BrO/c1-2-3-10-16-11-9-14(12-15)13-7-5-4-6-8-13/h4-8,14H,2-3,9-12H2,1H3. The number of hydrogen-bond donors (Lipinski definition) is 0. The molecule has 0 aliphatic heterocycles. The molecule has 0 aromatic heterocycles. The van der Waals surface area contributed by atoms with Gasteiger partial charge in [-0.3, -0.25) is 0 Å². The highest BCUT2D eigenvalue weighted by Gasteiger charge is 2.08. The normalized spacial score (nSPS) is 12.6. The first-order valence-corrected chi connectivity index (χ1v) is 7.19. The van der Waals surface area contributed by atoms with Gasteiger partial charge in [0, 0.05) is 18.5 Å². The number of alkyl halides is 1. The van der Waals surface area contributed by atoms with E-state index in [0.717, 1.165) is 25.0 Å². The summed E-state index contributed by atoms with van der Waals surface area (Å²) < 4.78 is 5.61. The van der Waals surface area contributed by atoms with Gasteiger partial charge in [-0.2, -0.15) is 0 Å². The number of hydrogen-bond acceptors (Lipinski definition) is 1. The summed E-state index contributed by atoms with van der Waals surface area (Å²) in [6.45, 7) is 3.96. The smallest absolute Gasteiger partial charge is 0.0472 e. The van der Waals surface area contributed by atoms with Crippen molar-refractivity contribution in [1.82, 2.24) is 0 Å². The van der Waals surface area contributed by atoms with Crippen LogP contribution in [0.1, 0.15) is 37.7 Å². The molecular weight excluding hydrogens is 264 g/mol. The first kappa shape index (κ1) is 13.7. The summed E-state index contributed by atoms with van der Waals surface area (Å²) in [4.78, 5) is 0. The molecule has 0 aliphatic rings. The van der Waals surface area contributed by atoms with Crippen molar-refractivity contribution in [3.05, 3.63) is 35.9 Å². The SMILES string of the molecule is CCCCOCCC(CBr)c1ccccc1. The van der Waals surface area contributed by atoms with Gasteiger partial charge in [0.1, 0.15) is 0 Å². The Balaban J connectivity index is 2.27. The minimum atomic E-state index is 0.572. The molecule has 0 amide bonds. The zero-order valence-electron chi connectivity index (χ0n) is 9.99. The highest BCUT2D eigenvalue weighted by atomic mass is 79.9. The topological polar surface area (TPSA) is 9.23 Å². The van der Waals surface area contributed by atoms with Gasteiger partial charge in [-0.25, -0.2) is 0 Å². The monoisotopic (exact) mass is 284 g/mol. The van der Waals surface area contributed by atoms with Crippen molar-refractivity contribution in [3.8, 4) is 0 Å². The zero-order valence-corrected chi connectivity index (χ0v) is 11.6. The van der Waals surface area contributed by atoms with Crippen LogP contribution in [0.15, 0.2) is 30.3 Å². The maximum absolute atomic E-state index is 5.61. The fourth-order valence-corrected chi connectivity index (χ4v) is 2.33. The molecule has 0 heterocycles. The largest absolute Gasteiger partial charge is 0.381 e. The van der Waals surface area contributed by atoms with Crippen LogP contribution in [0.4, 0.5) is 0 Å². The predicted octanol–water partition coefficient (Wildman–Crippen LogP) is 4.37. The van der Waals surface area contributed by atoms with Crippen LogP contribution >= 0.6 is 15.9 Å². The van der Waals surface area contributed by atoms with Gasteiger partial charge >= 0.3 is 0 Å². The third-order valence-corrected chi connectivity index (χ3v) is 3.49. The van der Waals surface area contributed by atoms with Crippen LogP contribution in [-0.4, -0.2) is 18.5 Å². The maximum Gasteiger partial charge on any atom is 0.0472 e.